The summed E-state index contributed by atoms with van der Waals surface area (Å²) >= 11 is 0. The molecule has 1 aromatic carbocycles. The molecule has 0 unspecified atom stereocenters. The molecule has 0 aliphatic carbocycles. The molecule has 0 bridgehead atoms. The van der Waals surface area contributed by atoms with Crippen molar-refractivity contribution < 1.29 is 17.9 Å². The van der Waals surface area contributed by atoms with Crippen LogP contribution in [0.5, 0.6) is 5.75 Å². The number of imidazole rings is 1. The van der Waals surface area contributed by atoms with Crippen LogP contribution >= 0.6 is 0 Å². The smallest absolute Gasteiger partial charge is 0.224 e. The maximum Gasteiger partial charge on any atom is 0.224 e. The zero-order chi connectivity index (χ0) is 22.1. The van der Waals surface area contributed by atoms with Gasteiger partial charge in [0.1, 0.15) is 16.3 Å². The van der Waals surface area contributed by atoms with Crippen molar-refractivity contribution >= 4 is 27.1 Å². The predicted octanol–water partition coefficient (Wildman–Crippen LogP) is 4.32. The van der Waals surface area contributed by atoms with Crippen LogP contribution in [0.25, 0.3) is 16.9 Å². The molecule has 0 fully saturated rings. The normalized spacial score (nSPS) is 12.2. The molecule has 8 heteroatoms. The van der Waals surface area contributed by atoms with Crippen LogP contribution in [0.3, 0.4) is 0 Å². The lowest BCUT2D eigenvalue weighted by atomic mass is 10.1. The molecule has 0 spiro atoms. The fourth-order valence-corrected chi connectivity index (χ4v) is 4.41. The third kappa shape index (κ3) is 4.05. The second-order valence-corrected chi connectivity index (χ2v) is 10.7. The Labute approximate surface area is 177 Å². The van der Waals surface area contributed by atoms with E-state index in [1.165, 1.54) is 7.11 Å². The molecule has 0 aliphatic rings. The number of carbonyl (C=O) groups is 1. The highest BCUT2D eigenvalue weighted by Crippen LogP contribution is 2.34. The summed E-state index contributed by atoms with van der Waals surface area (Å²) in [6.07, 6.45) is 4.45. The lowest BCUT2D eigenvalue weighted by Crippen LogP contribution is -2.28. The van der Waals surface area contributed by atoms with Gasteiger partial charge in [0.25, 0.3) is 0 Å². The maximum absolute atomic E-state index is 13.1. The fourth-order valence-electron chi connectivity index (χ4n) is 3.10. The van der Waals surface area contributed by atoms with Gasteiger partial charge in [0.05, 0.1) is 23.7 Å². The van der Waals surface area contributed by atoms with Crippen LogP contribution in [0.4, 0.5) is 5.69 Å². The molecular formula is C22H27N3O4S. The van der Waals surface area contributed by atoms with Crippen LogP contribution in [0, 0.1) is 0 Å². The fraction of sp³-hybridized carbons (Fsp3) is 0.364. The molecule has 160 valence electrons. The van der Waals surface area contributed by atoms with Gasteiger partial charge in [0.2, 0.25) is 5.91 Å². The Morgan fingerprint density at radius 2 is 1.97 bits per heavy atom. The Kier molecular flexibility index (Phi) is 5.90. The molecule has 3 aromatic rings. The number of hydrogen-bond donors (Lipinski definition) is 1. The van der Waals surface area contributed by atoms with Crippen molar-refractivity contribution in [3.63, 3.8) is 0 Å². The first kappa shape index (κ1) is 21.8. The van der Waals surface area contributed by atoms with Crippen molar-refractivity contribution in [2.24, 2.45) is 0 Å². The first-order valence-corrected chi connectivity index (χ1v) is 11.3. The predicted molar refractivity (Wildman–Crippen MR) is 118 cm³/mol. The average Bonchev–Trinajstić information content (AvgIpc) is 3.09. The second kappa shape index (κ2) is 8.10. The first-order valence-electron chi connectivity index (χ1n) is 9.78. The van der Waals surface area contributed by atoms with Crippen molar-refractivity contribution in [2.45, 2.75) is 50.2 Å². The van der Waals surface area contributed by atoms with Crippen molar-refractivity contribution in [1.29, 1.82) is 0 Å². The van der Waals surface area contributed by atoms with Gasteiger partial charge in [0.15, 0.2) is 9.84 Å². The molecule has 3 rings (SSSR count). The molecule has 0 saturated heterocycles. The van der Waals surface area contributed by atoms with Crippen LogP contribution in [0.1, 0.15) is 40.5 Å². The van der Waals surface area contributed by atoms with E-state index in [0.29, 0.717) is 23.4 Å². The zero-order valence-electron chi connectivity index (χ0n) is 17.9. The summed E-state index contributed by atoms with van der Waals surface area (Å²) in [7, 11) is -2.20. The monoisotopic (exact) mass is 429 g/mol. The van der Waals surface area contributed by atoms with Crippen LogP contribution in [0.2, 0.25) is 0 Å². The standard InChI is InChI=1S/C22H27N3O4S/c1-6-8-21(26)24-16-10-7-9-15(11-16)17-13-23-20-12-18(29-5)19(14-25(17)20)30(27,28)22(2,3)4/h7,9-14H,6,8H2,1-5H3,(H,24,26). The van der Waals surface area contributed by atoms with Gasteiger partial charge in [-0.05, 0) is 39.3 Å². The van der Waals surface area contributed by atoms with E-state index in [1.807, 2.05) is 31.2 Å². The van der Waals surface area contributed by atoms with E-state index in [0.717, 1.165) is 12.0 Å². The van der Waals surface area contributed by atoms with E-state index in [4.69, 9.17) is 4.74 Å². The van der Waals surface area contributed by atoms with Crippen LogP contribution in [-0.2, 0) is 14.6 Å². The molecule has 2 aromatic heterocycles. The average molecular weight is 430 g/mol. The number of fused-ring (bicyclic) bond motifs is 1. The molecule has 0 atom stereocenters. The molecule has 2 heterocycles. The quantitative estimate of drug-likeness (QED) is 0.630. The Morgan fingerprint density at radius 3 is 2.60 bits per heavy atom. The molecular weight excluding hydrogens is 402 g/mol. The minimum atomic E-state index is -3.65. The Hall–Kier alpha value is -2.87. The van der Waals surface area contributed by atoms with E-state index in [-0.39, 0.29) is 16.6 Å². The van der Waals surface area contributed by atoms with Gasteiger partial charge < -0.3 is 10.1 Å². The number of rotatable bonds is 6. The van der Waals surface area contributed by atoms with Crippen molar-refractivity contribution in [1.82, 2.24) is 9.38 Å². The topological polar surface area (TPSA) is 89.8 Å². The molecule has 1 amide bonds. The minimum absolute atomic E-state index is 0.0453. The van der Waals surface area contributed by atoms with E-state index >= 15 is 0 Å². The Bertz CT molecular complexity index is 1190. The number of hydrogen-bond acceptors (Lipinski definition) is 5. The second-order valence-electron chi connectivity index (χ2n) is 8.07. The number of methoxy groups -OCH3 is 1. The maximum atomic E-state index is 13.1. The summed E-state index contributed by atoms with van der Waals surface area (Å²) in [6.45, 7) is 6.92. The summed E-state index contributed by atoms with van der Waals surface area (Å²) in [5, 5.41) is 2.88. The van der Waals surface area contributed by atoms with Gasteiger partial charge in [-0.1, -0.05) is 19.1 Å². The number of aromatic nitrogens is 2. The van der Waals surface area contributed by atoms with Gasteiger partial charge in [-0.2, -0.15) is 0 Å². The van der Waals surface area contributed by atoms with Gasteiger partial charge in [-0.3, -0.25) is 9.20 Å². The number of benzene rings is 1. The number of carbonyl (C=O) groups excluding carboxylic acids is 1. The number of pyridine rings is 1. The Morgan fingerprint density at radius 1 is 1.23 bits per heavy atom. The van der Waals surface area contributed by atoms with E-state index in [1.54, 1.807) is 43.6 Å². The SMILES string of the molecule is CCCC(=O)Nc1cccc(-c2cnc3cc(OC)c(S(=O)(=O)C(C)(C)C)cn23)c1. The van der Waals surface area contributed by atoms with Gasteiger partial charge in [0, 0.05) is 29.9 Å². The number of anilines is 1. The van der Waals surface area contributed by atoms with E-state index in [9.17, 15) is 13.2 Å². The third-order valence-corrected chi connectivity index (χ3v) is 7.31. The third-order valence-electron chi connectivity index (χ3n) is 4.81. The summed E-state index contributed by atoms with van der Waals surface area (Å²) < 4.78 is 32.3. The number of amides is 1. The van der Waals surface area contributed by atoms with Crippen molar-refractivity contribution in [3.8, 4) is 17.0 Å². The van der Waals surface area contributed by atoms with Gasteiger partial charge in [-0.15, -0.1) is 0 Å². The number of sulfone groups is 1. The highest BCUT2D eigenvalue weighted by Gasteiger charge is 2.34. The molecule has 0 aliphatic heterocycles. The summed E-state index contributed by atoms with van der Waals surface area (Å²) in [5.74, 6) is 0.214. The lowest BCUT2D eigenvalue weighted by Gasteiger charge is -2.21. The van der Waals surface area contributed by atoms with Gasteiger partial charge in [-0.25, -0.2) is 13.4 Å². The first-order chi connectivity index (χ1) is 14.1. The van der Waals surface area contributed by atoms with E-state index in [2.05, 4.69) is 10.3 Å². The lowest BCUT2D eigenvalue weighted by molar-refractivity contribution is -0.116. The summed E-state index contributed by atoms with van der Waals surface area (Å²) in [6, 6.07) is 9.01. The van der Waals surface area contributed by atoms with Crippen molar-refractivity contribution in [3.05, 3.63) is 42.7 Å². The molecule has 7 nitrogen and oxygen atoms in total. The van der Waals surface area contributed by atoms with Crippen LogP contribution in [0.15, 0.2) is 47.6 Å². The highest BCUT2D eigenvalue weighted by atomic mass is 32.2. The zero-order valence-corrected chi connectivity index (χ0v) is 18.7. The highest BCUT2D eigenvalue weighted by molar-refractivity contribution is 7.92. The molecule has 0 radical (unpaired) electrons. The number of nitrogens with one attached hydrogen (secondary N) is 1. The minimum Gasteiger partial charge on any atom is -0.495 e. The van der Waals surface area contributed by atoms with Gasteiger partial charge >= 0.3 is 0 Å². The Balaban J connectivity index is 2.13. The largest absolute Gasteiger partial charge is 0.495 e. The van der Waals surface area contributed by atoms with E-state index < -0.39 is 14.6 Å². The van der Waals surface area contributed by atoms with Crippen LogP contribution in [-0.4, -0.2) is 35.6 Å². The van der Waals surface area contributed by atoms with Crippen molar-refractivity contribution in [2.75, 3.05) is 12.4 Å². The molecule has 0 saturated carbocycles. The molecule has 30 heavy (non-hydrogen) atoms. The van der Waals surface area contributed by atoms with Crippen LogP contribution < -0.4 is 10.1 Å². The number of ether oxygens (including phenoxy) is 1. The summed E-state index contributed by atoms with van der Waals surface area (Å²) in [4.78, 5) is 16.5. The number of nitrogens with zero attached hydrogens (tertiary/aromatic N) is 2. The summed E-state index contributed by atoms with van der Waals surface area (Å²) in [5.41, 5.74) is 2.76. The molecule has 1 N–H and O–H groups in total.